The van der Waals surface area contributed by atoms with E-state index in [-0.39, 0.29) is 0 Å². The van der Waals surface area contributed by atoms with Crippen LogP contribution in [0.4, 0.5) is 0 Å². The molecule has 1 heterocycles. The predicted molar refractivity (Wildman–Crippen MR) is 74.4 cm³/mol. The molecule has 0 unspecified atom stereocenters. The van der Waals surface area contributed by atoms with Gasteiger partial charge in [-0.15, -0.1) is 0 Å². The van der Waals surface area contributed by atoms with E-state index in [1.165, 1.54) is 0 Å². The fourth-order valence-electron chi connectivity index (χ4n) is 1.50. The zero-order valence-corrected chi connectivity index (χ0v) is 11.9. The molecule has 1 aromatic carbocycles. The molecule has 2 aromatic rings. The van der Waals surface area contributed by atoms with Crippen molar-refractivity contribution in [3.8, 4) is 17.4 Å². The smallest absolute Gasteiger partial charge is 0.233 e. The first kappa shape index (κ1) is 12.9. The van der Waals surface area contributed by atoms with Crippen molar-refractivity contribution in [3.63, 3.8) is 0 Å². The summed E-state index contributed by atoms with van der Waals surface area (Å²) in [5.74, 6) is 2.05. The molecular formula is C14H14BrNO2. The van der Waals surface area contributed by atoms with Crippen molar-refractivity contribution in [1.82, 2.24) is 4.98 Å². The van der Waals surface area contributed by atoms with E-state index in [9.17, 15) is 0 Å². The van der Waals surface area contributed by atoms with Gasteiger partial charge in [0.15, 0.2) is 0 Å². The molecule has 0 saturated heterocycles. The molecule has 0 amide bonds. The number of benzene rings is 1. The van der Waals surface area contributed by atoms with Crippen LogP contribution in [0.1, 0.15) is 12.5 Å². The molecule has 0 atom stereocenters. The number of aryl methyl sites for hydroxylation is 1. The lowest BCUT2D eigenvalue weighted by Crippen LogP contribution is -1.93. The molecule has 4 heteroatoms. The maximum absolute atomic E-state index is 5.71. The number of halogens is 1. The third-order valence-corrected chi connectivity index (χ3v) is 2.84. The second kappa shape index (κ2) is 5.87. The van der Waals surface area contributed by atoms with Crippen molar-refractivity contribution in [3.05, 3.63) is 46.6 Å². The van der Waals surface area contributed by atoms with Crippen LogP contribution in [0, 0.1) is 6.92 Å². The molecule has 0 aliphatic carbocycles. The van der Waals surface area contributed by atoms with Gasteiger partial charge in [-0.1, -0.05) is 6.07 Å². The summed E-state index contributed by atoms with van der Waals surface area (Å²) in [6.07, 6.45) is 1.77. The zero-order chi connectivity index (χ0) is 13.0. The maximum atomic E-state index is 5.71. The van der Waals surface area contributed by atoms with Gasteiger partial charge >= 0.3 is 0 Å². The number of ether oxygens (including phenoxy) is 2. The number of nitrogens with zero attached hydrogens (tertiary/aromatic N) is 1. The Balaban J connectivity index is 2.20. The van der Waals surface area contributed by atoms with Crippen LogP contribution in [-0.2, 0) is 0 Å². The van der Waals surface area contributed by atoms with E-state index in [1.54, 1.807) is 6.20 Å². The van der Waals surface area contributed by atoms with Gasteiger partial charge in [-0.25, -0.2) is 4.98 Å². The topological polar surface area (TPSA) is 31.4 Å². The molecule has 3 nitrogen and oxygen atoms in total. The summed E-state index contributed by atoms with van der Waals surface area (Å²) in [5.41, 5.74) is 1.08. The predicted octanol–water partition coefficient (Wildman–Crippen LogP) is 4.34. The number of hydrogen-bond acceptors (Lipinski definition) is 3. The van der Waals surface area contributed by atoms with Crippen molar-refractivity contribution in [2.75, 3.05) is 6.61 Å². The van der Waals surface area contributed by atoms with Crippen LogP contribution in [0.15, 0.2) is 41.0 Å². The standard InChI is InChI=1S/C14H14BrNO2/c1-3-17-11-5-4-6-12(8-11)18-14-13(15)7-10(2)9-16-14/h4-9H,3H2,1-2H3. The van der Waals surface area contributed by atoms with Crippen LogP contribution in [0.3, 0.4) is 0 Å². The minimum Gasteiger partial charge on any atom is -0.494 e. The second-order valence-corrected chi connectivity index (χ2v) is 4.66. The van der Waals surface area contributed by atoms with Crippen molar-refractivity contribution < 1.29 is 9.47 Å². The molecule has 0 aliphatic rings. The quantitative estimate of drug-likeness (QED) is 0.842. The van der Waals surface area contributed by atoms with Gasteiger partial charge in [-0.05, 0) is 53.5 Å². The monoisotopic (exact) mass is 307 g/mol. The third-order valence-electron chi connectivity index (χ3n) is 2.28. The summed E-state index contributed by atoms with van der Waals surface area (Å²) in [4.78, 5) is 4.24. The van der Waals surface area contributed by atoms with Gasteiger partial charge in [0.2, 0.25) is 5.88 Å². The minimum absolute atomic E-state index is 0.550. The van der Waals surface area contributed by atoms with E-state index in [1.807, 2.05) is 44.2 Å². The Morgan fingerprint density at radius 2 is 2.00 bits per heavy atom. The highest BCUT2D eigenvalue weighted by molar-refractivity contribution is 9.10. The van der Waals surface area contributed by atoms with Crippen LogP contribution in [0.5, 0.6) is 17.4 Å². The normalized spacial score (nSPS) is 10.2. The fraction of sp³-hybridized carbons (Fsp3) is 0.214. The SMILES string of the molecule is CCOc1cccc(Oc2ncc(C)cc2Br)c1. The van der Waals surface area contributed by atoms with Crippen molar-refractivity contribution >= 4 is 15.9 Å². The number of pyridine rings is 1. The van der Waals surface area contributed by atoms with E-state index < -0.39 is 0 Å². The molecule has 0 spiro atoms. The maximum Gasteiger partial charge on any atom is 0.233 e. The average Bonchev–Trinajstić information content (AvgIpc) is 2.34. The van der Waals surface area contributed by atoms with Gasteiger partial charge in [0.25, 0.3) is 0 Å². The summed E-state index contributed by atoms with van der Waals surface area (Å²) >= 11 is 3.44. The van der Waals surface area contributed by atoms with Crippen LogP contribution >= 0.6 is 15.9 Å². The number of aromatic nitrogens is 1. The van der Waals surface area contributed by atoms with E-state index in [4.69, 9.17) is 9.47 Å². The van der Waals surface area contributed by atoms with Crippen LogP contribution in [0.25, 0.3) is 0 Å². The molecule has 0 saturated carbocycles. The first-order valence-electron chi connectivity index (χ1n) is 5.72. The first-order chi connectivity index (χ1) is 8.69. The highest BCUT2D eigenvalue weighted by atomic mass is 79.9. The van der Waals surface area contributed by atoms with Gasteiger partial charge < -0.3 is 9.47 Å². The van der Waals surface area contributed by atoms with E-state index >= 15 is 0 Å². The molecule has 0 N–H and O–H groups in total. The minimum atomic E-state index is 0.550. The third kappa shape index (κ3) is 3.23. The molecule has 2 rings (SSSR count). The van der Waals surface area contributed by atoms with E-state index in [2.05, 4.69) is 20.9 Å². The number of hydrogen-bond donors (Lipinski definition) is 0. The lowest BCUT2D eigenvalue weighted by atomic mass is 10.3. The number of rotatable bonds is 4. The summed E-state index contributed by atoms with van der Waals surface area (Å²) in [5, 5.41) is 0. The van der Waals surface area contributed by atoms with Gasteiger partial charge in [0.1, 0.15) is 11.5 Å². The summed E-state index contributed by atoms with van der Waals surface area (Å²) < 4.78 is 12.0. The molecular weight excluding hydrogens is 294 g/mol. The highest BCUT2D eigenvalue weighted by Gasteiger charge is 2.05. The molecule has 0 radical (unpaired) electrons. The lowest BCUT2D eigenvalue weighted by molar-refractivity contribution is 0.338. The first-order valence-corrected chi connectivity index (χ1v) is 6.51. The Morgan fingerprint density at radius 1 is 1.22 bits per heavy atom. The van der Waals surface area contributed by atoms with Crippen molar-refractivity contribution in [2.24, 2.45) is 0 Å². The lowest BCUT2D eigenvalue weighted by Gasteiger charge is -2.09. The van der Waals surface area contributed by atoms with Crippen molar-refractivity contribution in [2.45, 2.75) is 13.8 Å². The average molecular weight is 308 g/mol. The van der Waals surface area contributed by atoms with Crippen molar-refractivity contribution in [1.29, 1.82) is 0 Å². The fourth-order valence-corrected chi connectivity index (χ4v) is 2.05. The summed E-state index contributed by atoms with van der Waals surface area (Å²) in [6, 6.07) is 9.47. The van der Waals surface area contributed by atoms with E-state index in [0.29, 0.717) is 18.2 Å². The molecule has 0 fully saturated rings. The molecule has 0 bridgehead atoms. The largest absolute Gasteiger partial charge is 0.494 e. The highest BCUT2D eigenvalue weighted by Crippen LogP contribution is 2.29. The molecule has 18 heavy (non-hydrogen) atoms. The Morgan fingerprint density at radius 3 is 2.72 bits per heavy atom. The summed E-state index contributed by atoms with van der Waals surface area (Å²) in [7, 11) is 0. The van der Waals surface area contributed by atoms with Gasteiger partial charge in [-0.2, -0.15) is 0 Å². The Labute approximate surface area is 115 Å². The molecule has 0 aliphatic heterocycles. The second-order valence-electron chi connectivity index (χ2n) is 3.81. The summed E-state index contributed by atoms with van der Waals surface area (Å²) in [6.45, 7) is 4.57. The Hall–Kier alpha value is -1.55. The van der Waals surface area contributed by atoms with Gasteiger partial charge in [0.05, 0.1) is 11.1 Å². The van der Waals surface area contributed by atoms with Crippen LogP contribution < -0.4 is 9.47 Å². The Kier molecular flexibility index (Phi) is 4.20. The van der Waals surface area contributed by atoms with Crippen LogP contribution in [-0.4, -0.2) is 11.6 Å². The van der Waals surface area contributed by atoms with Gasteiger partial charge in [-0.3, -0.25) is 0 Å². The van der Waals surface area contributed by atoms with Gasteiger partial charge in [0, 0.05) is 12.3 Å². The van der Waals surface area contributed by atoms with E-state index in [0.717, 1.165) is 15.8 Å². The van der Waals surface area contributed by atoms with Crippen LogP contribution in [0.2, 0.25) is 0 Å². The zero-order valence-electron chi connectivity index (χ0n) is 10.3. The molecule has 94 valence electrons. The molecule has 1 aromatic heterocycles. The Bertz CT molecular complexity index is 543.